The molecule has 31 heavy (non-hydrogen) atoms. The van der Waals surface area contributed by atoms with Gasteiger partial charge in [-0.25, -0.2) is 8.42 Å². The monoisotopic (exact) mass is 449 g/mol. The summed E-state index contributed by atoms with van der Waals surface area (Å²) in [5, 5.41) is 26.1. The molecule has 0 spiro atoms. The molecule has 13 heteroatoms. The Bertz CT molecular complexity index is 1130. The van der Waals surface area contributed by atoms with Gasteiger partial charge >= 0.3 is 0 Å². The van der Waals surface area contributed by atoms with Crippen molar-refractivity contribution in [3.8, 4) is 0 Å². The smallest absolute Gasteiger partial charge is 0.270 e. The molecule has 0 atom stereocenters. The summed E-state index contributed by atoms with van der Waals surface area (Å²) in [7, 11) is -4.03. The van der Waals surface area contributed by atoms with E-state index in [1.54, 1.807) is 6.92 Å². The first kappa shape index (κ1) is 22.3. The van der Waals surface area contributed by atoms with E-state index in [1.165, 1.54) is 40.7 Å². The molecular formula is C18H19N5O7S. The Morgan fingerprint density at radius 1 is 1.03 bits per heavy atom. The van der Waals surface area contributed by atoms with Gasteiger partial charge in [0.25, 0.3) is 11.4 Å². The highest BCUT2D eigenvalue weighted by molar-refractivity contribution is 7.89. The molecule has 2 aromatic carbocycles. The Balaban J connectivity index is 1.94. The van der Waals surface area contributed by atoms with Crippen LogP contribution >= 0.6 is 0 Å². The predicted octanol–water partition coefficient (Wildman–Crippen LogP) is 2.36. The summed E-state index contributed by atoms with van der Waals surface area (Å²) in [5.41, 5.74) is 3.30. The fourth-order valence-corrected chi connectivity index (χ4v) is 4.46. The van der Waals surface area contributed by atoms with Crippen molar-refractivity contribution in [3.05, 3.63) is 68.3 Å². The van der Waals surface area contributed by atoms with Crippen LogP contribution in [0.4, 0.5) is 17.1 Å². The standard InChI is InChI=1S/C18H19N5O7S/c1-13(14-2-4-15(5-3-14)22(24)25)19-20-17-7-6-16(23(26)27)12-18(17)31(28,29)21-8-10-30-11-9-21/h2-7,12,20H,8-11H2,1H3/b19-13-. The van der Waals surface area contributed by atoms with Crippen LogP contribution in [0.3, 0.4) is 0 Å². The number of hydrogen-bond donors (Lipinski definition) is 1. The molecule has 0 bridgehead atoms. The number of nitro groups is 2. The molecule has 0 saturated carbocycles. The highest BCUT2D eigenvalue weighted by atomic mass is 32.2. The molecule has 0 unspecified atom stereocenters. The fraction of sp³-hybridized carbons (Fsp3) is 0.278. The van der Waals surface area contributed by atoms with Gasteiger partial charge < -0.3 is 4.74 Å². The van der Waals surface area contributed by atoms with Crippen molar-refractivity contribution < 1.29 is 23.0 Å². The first-order valence-electron chi connectivity index (χ1n) is 9.11. The van der Waals surface area contributed by atoms with Gasteiger partial charge in [0.05, 0.1) is 34.5 Å². The number of rotatable bonds is 7. The van der Waals surface area contributed by atoms with Gasteiger partial charge in [-0.2, -0.15) is 9.41 Å². The minimum absolute atomic E-state index is 0.0679. The number of benzene rings is 2. The summed E-state index contributed by atoms with van der Waals surface area (Å²) in [4.78, 5) is 20.5. The molecular weight excluding hydrogens is 430 g/mol. The van der Waals surface area contributed by atoms with Crippen molar-refractivity contribution in [2.45, 2.75) is 11.8 Å². The molecule has 1 N–H and O–H groups in total. The van der Waals surface area contributed by atoms with E-state index >= 15 is 0 Å². The first-order chi connectivity index (χ1) is 14.7. The lowest BCUT2D eigenvalue weighted by atomic mass is 10.1. The van der Waals surface area contributed by atoms with Gasteiger partial charge in [-0.3, -0.25) is 25.7 Å². The second kappa shape index (κ2) is 9.16. The lowest BCUT2D eigenvalue weighted by Gasteiger charge is -2.26. The summed E-state index contributed by atoms with van der Waals surface area (Å²) in [6, 6.07) is 9.13. The van der Waals surface area contributed by atoms with Gasteiger partial charge in [-0.15, -0.1) is 0 Å². The normalized spacial score (nSPS) is 15.5. The number of nitrogens with one attached hydrogen (secondary N) is 1. The summed E-state index contributed by atoms with van der Waals surface area (Å²) in [6.45, 7) is 2.36. The Morgan fingerprint density at radius 2 is 1.61 bits per heavy atom. The zero-order valence-electron chi connectivity index (χ0n) is 16.4. The number of anilines is 1. The molecule has 1 heterocycles. The molecule has 0 radical (unpaired) electrons. The van der Waals surface area contributed by atoms with Crippen LogP contribution in [0, 0.1) is 20.2 Å². The van der Waals surface area contributed by atoms with E-state index in [4.69, 9.17) is 4.74 Å². The number of sulfonamides is 1. The van der Waals surface area contributed by atoms with Gasteiger partial charge in [0, 0.05) is 37.4 Å². The minimum Gasteiger partial charge on any atom is -0.379 e. The third kappa shape index (κ3) is 5.02. The maximum atomic E-state index is 13.1. The molecule has 3 rings (SSSR count). The van der Waals surface area contributed by atoms with E-state index in [9.17, 15) is 28.6 Å². The van der Waals surface area contributed by atoms with E-state index in [1.807, 2.05) is 0 Å². The summed E-state index contributed by atoms with van der Waals surface area (Å²) in [5.74, 6) is 0. The summed E-state index contributed by atoms with van der Waals surface area (Å²) in [6.07, 6.45) is 0. The number of non-ortho nitro benzene ring substituents is 2. The van der Waals surface area contributed by atoms with Gasteiger partial charge in [-0.1, -0.05) is 0 Å². The molecule has 1 fully saturated rings. The maximum absolute atomic E-state index is 13.1. The number of nitro benzene ring substituents is 2. The number of hydrogen-bond acceptors (Lipinski definition) is 9. The van der Waals surface area contributed by atoms with Crippen LogP contribution in [-0.4, -0.2) is 54.6 Å². The average molecular weight is 449 g/mol. The van der Waals surface area contributed by atoms with Crippen LogP contribution in [0.2, 0.25) is 0 Å². The lowest BCUT2D eigenvalue weighted by Crippen LogP contribution is -2.40. The minimum atomic E-state index is -4.03. The van der Waals surface area contributed by atoms with E-state index in [-0.39, 0.29) is 48.3 Å². The van der Waals surface area contributed by atoms with Crippen LogP contribution in [0.1, 0.15) is 12.5 Å². The summed E-state index contributed by atoms with van der Waals surface area (Å²) < 4.78 is 32.6. The lowest BCUT2D eigenvalue weighted by molar-refractivity contribution is -0.385. The molecule has 1 aliphatic heterocycles. The third-order valence-corrected chi connectivity index (χ3v) is 6.54. The van der Waals surface area contributed by atoms with E-state index < -0.39 is 19.9 Å². The molecule has 1 saturated heterocycles. The van der Waals surface area contributed by atoms with Crippen molar-refractivity contribution in [1.29, 1.82) is 0 Å². The van der Waals surface area contributed by atoms with Crippen LogP contribution in [0.5, 0.6) is 0 Å². The highest BCUT2D eigenvalue weighted by Gasteiger charge is 2.30. The number of ether oxygens (including phenoxy) is 1. The second-order valence-electron chi connectivity index (χ2n) is 6.57. The molecule has 0 aliphatic carbocycles. The number of hydrazone groups is 1. The van der Waals surface area contributed by atoms with Crippen LogP contribution < -0.4 is 5.43 Å². The quantitative estimate of drug-likeness (QED) is 0.383. The molecule has 0 amide bonds. The average Bonchev–Trinajstić information content (AvgIpc) is 2.77. The Labute approximate surface area is 177 Å². The third-order valence-electron chi connectivity index (χ3n) is 4.60. The SMILES string of the molecule is C/C(=N/Nc1ccc([N+](=O)[O-])cc1S(=O)(=O)N1CCOCC1)c1ccc([N+](=O)[O-])cc1. The number of morpholine rings is 1. The molecule has 0 aromatic heterocycles. The van der Waals surface area contributed by atoms with Crippen LogP contribution in [0.25, 0.3) is 0 Å². The van der Waals surface area contributed by atoms with Gasteiger partial charge in [-0.05, 0) is 30.7 Å². The van der Waals surface area contributed by atoms with Crippen molar-refractivity contribution in [2.24, 2.45) is 5.10 Å². The Hall–Kier alpha value is -3.42. The topological polar surface area (TPSA) is 157 Å². The van der Waals surface area contributed by atoms with Crippen LogP contribution in [-0.2, 0) is 14.8 Å². The molecule has 164 valence electrons. The zero-order chi connectivity index (χ0) is 22.6. The van der Waals surface area contributed by atoms with Crippen molar-refractivity contribution >= 4 is 32.8 Å². The zero-order valence-corrected chi connectivity index (χ0v) is 17.2. The number of nitrogens with zero attached hydrogens (tertiary/aromatic N) is 4. The predicted molar refractivity (Wildman–Crippen MR) is 112 cm³/mol. The van der Waals surface area contributed by atoms with Crippen molar-refractivity contribution in [2.75, 3.05) is 31.7 Å². The Kier molecular flexibility index (Phi) is 6.58. The fourth-order valence-electron chi connectivity index (χ4n) is 2.89. The van der Waals surface area contributed by atoms with E-state index in [0.29, 0.717) is 11.3 Å². The maximum Gasteiger partial charge on any atom is 0.270 e. The second-order valence-corrected chi connectivity index (χ2v) is 8.47. The van der Waals surface area contributed by atoms with Crippen LogP contribution in [0.15, 0.2) is 52.5 Å². The Morgan fingerprint density at radius 3 is 2.19 bits per heavy atom. The molecule has 2 aromatic rings. The van der Waals surface area contributed by atoms with Gasteiger partial charge in [0.1, 0.15) is 4.90 Å². The van der Waals surface area contributed by atoms with E-state index in [2.05, 4.69) is 10.5 Å². The summed E-state index contributed by atoms with van der Waals surface area (Å²) >= 11 is 0. The first-order valence-corrected chi connectivity index (χ1v) is 10.6. The van der Waals surface area contributed by atoms with Gasteiger partial charge in [0.2, 0.25) is 10.0 Å². The largest absolute Gasteiger partial charge is 0.379 e. The molecule has 1 aliphatic rings. The van der Waals surface area contributed by atoms with Crippen molar-refractivity contribution in [3.63, 3.8) is 0 Å². The molecule has 12 nitrogen and oxygen atoms in total. The van der Waals surface area contributed by atoms with Gasteiger partial charge in [0.15, 0.2) is 0 Å². The van der Waals surface area contributed by atoms with E-state index in [0.717, 1.165) is 6.07 Å². The highest BCUT2D eigenvalue weighted by Crippen LogP contribution is 2.29. The van der Waals surface area contributed by atoms with Crippen molar-refractivity contribution in [1.82, 2.24) is 4.31 Å².